The minimum absolute atomic E-state index is 1.11. The van der Waals surface area contributed by atoms with Gasteiger partial charge >= 0.3 is 0 Å². The molecule has 0 fully saturated rings. The quantitative estimate of drug-likeness (QED) is 0.145. The normalized spacial score (nSPS) is 11.8. The molecule has 0 radical (unpaired) electrons. The van der Waals surface area contributed by atoms with Gasteiger partial charge in [-0.05, 0) is 152 Å². The van der Waals surface area contributed by atoms with Gasteiger partial charge in [0.05, 0.1) is 22.1 Å². The number of para-hydroxylation sites is 4. The van der Waals surface area contributed by atoms with Crippen molar-refractivity contribution < 1.29 is 0 Å². The number of benzene rings is 12. The van der Waals surface area contributed by atoms with Gasteiger partial charge in [0.15, 0.2) is 0 Å². The van der Waals surface area contributed by atoms with Crippen molar-refractivity contribution in [1.82, 2.24) is 9.13 Å². The summed E-state index contributed by atoms with van der Waals surface area (Å²) >= 11 is 0. The molecule has 14 aromatic rings. The highest BCUT2D eigenvalue weighted by molar-refractivity contribution is 6.26. The van der Waals surface area contributed by atoms with Gasteiger partial charge in [0, 0.05) is 50.0 Å². The van der Waals surface area contributed by atoms with E-state index in [1.165, 1.54) is 98.2 Å². The van der Waals surface area contributed by atoms with Crippen LogP contribution >= 0.6 is 0 Å². The van der Waals surface area contributed by atoms with E-state index in [-0.39, 0.29) is 0 Å². The lowest BCUT2D eigenvalue weighted by molar-refractivity contribution is 1.18. The fourth-order valence-corrected chi connectivity index (χ4v) is 11.1. The first kappa shape index (κ1) is 39.0. The van der Waals surface area contributed by atoms with Crippen LogP contribution in [-0.2, 0) is 0 Å². The highest BCUT2D eigenvalue weighted by Crippen LogP contribution is 2.42. The Morgan fingerprint density at radius 2 is 0.551 bits per heavy atom. The van der Waals surface area contributed by atoms with Gasteiger partial charge in [-0.3, -0.25) is 0 Å². The van der Waals surface area contributed by atoms with Crippen molar-refractivity contribution in [1.29, 1.82) is 0 Å². The van der Waals surface area contributed by atoms with Crippen LogP contribution in [0.1, 0.15) is 0 Å². The summed E-state index contributed by atoms with van der Waals surface area (Å²) in [6, 6.07) is 95.4. The van der Waals surface area contributed by atoms with Gasteiger partial charge in [-0.25, -0.2) is 0 Å². The van der Waals surface area contributed by atoms with Crippen LogP contribution in [0.2, 0.25) is 0 Å². The molecule has 0 unspecified atom stereocenters. The molecule has 3 nitrogen and oxygen atoms in total. The summed E-state index contributed by atoms with van der Waals surface area (Å²) < 4.78 is 4.85. The van der Waals surface area contributed by atoms with Crippen molar-refractivity contribution in [2.24, 2.45) is 0 Å². The van der Waals surface area contributed by atoms with Crippen molar-refractivity contribution in [3.63, 3.8) is 0 Å². The maximum atomic E-state index is 2.47. The summed E-state index contributed by atoms with van der Waals surface area (Å²) in [4.78, 5) is 2.31. The Hall–Kier alpha value is -9.18. The molecule has 0 saturated carbocycles. The van der Waals surface area contributed by atoms with Gasteiger partial charge in [-0.1, -0.05) is 164 Å². The second-order valence-corrected chi connectivity index (χ2v) is 18.1. The van der Waals surface area contributed by atoms with Crippen molar-refractivity contribution in [2.45, 2.75) is 0 Å². The summed E-state index contributed by atoms with van der Waals surface area (Å²) in [5.74, 6) is 0. The van der Waals surface area contributed by atoms with Crippen LogP contribution < -0.4 is 4.90 Å². The second-order valence-electron chi connectivity index (χ2n) is 18.1. The topological polar surface area (TPSA) is 13.1 Å². The van der Waals surface area contributed by atoms with Crippen molar-refractivity contribution >= 4 is 93.0 Å². The van der Waals surface area contributed by atoms with Crippen LogP contribution in [0.25, 0.3) is 110 Å². The number of aromatic nitrogens is 2. The molecule has 0 amide bonds. The number of fused-ring (bicyclic) bond motifs is 12. The molecule has 0 spiro atoms. The standard InChI is InChI=1S/C66H43N3/c1-3-15-48(16-4-1)67(49-17-5-2-6-18-49)50-33-27-44(28-34-50)46-31-39-65-61(41-46)62-42-47(45-29-35-51(36-30-45)68-63-25-13-11-23-58(63)59-24-12-14-26-64(59)68)32-40-66(62)69(65)52-37-38-57-55-21-8-7-19-53(55)54-20-9-10-22-56(54)60(57)43-52/h1-43H. The average molecular weight is 878 g/mol. The first-order valence-electron chi connectivity index (χ1n) is 23.8. The van der Waals surface area contributed by atoms with Gasteiger partial charge in [-0.2, -0.15) is 0 Å². The lowest BCUT2D eigenvalue weighted by Crippen LogP contribution is -2.09. The van der Waals surface area contributed by atoms with Gasteiger partial charge in [0.1, 0.15) is 0 Å². The molecule has 3 heteroatoms. The molecule has 0 bridgehead atoms. The van der Waals surface area contributed by atoms with E-state index in [1.54, 1.807) is 0 Å². The van der Waals surface area contributed by atoms with E-state index in [0.29, 0.717) is 0 Å². The maximum Gasteiger partial charge on any atom is 0.0541 e. The van der Waals surface area contributed by atoms with E-state index >= 15 is 0 Å². The SMILES string of the molecule is c1ccc(N(c2ccccc2)c2ccc(-c3ccc4c(c3)c3cc(-c5ccc(-n6c7ccccc7c7ccccc76)cc5)ccc3n4-c3ccc4c5ccccc5c5ccccc5c4c3)cc2)cc1. The average Bonchev–Trinajstić information content (AvgIpc) is 3.94. The molecule has 0 N–H and O–H groups in total. The third-order valence-electron chi connectivity index (χ3n) is 14.3. The third kappa shape index (κ3) is 6.29. The molecule has 322 valence electrons. The van der Waals surface area contributed by atoms with Crippen LogP contribution in [0.15, 0.2) is 261 Å². The number of hydrogen-bond acceptors (Lipinski definition) is 1. The molecular formula is C66H43N3. The Kier molecular flexibility index (Phi) is 8.90. The van der Waals surface area contributed by atoms with Crippen LogP contribution in [0.4, 0.5) is 17.1 Å². The third-order valence-corrected chi connectivity index (χ3v) is 14.3. The number of anilines is 3. The fraction of sp³-hybridized carbons (Fsp3) is 0. The molecule has 12 aromatic carbocycles. The van der Waals surface area contributed by atoms with E-state index in [0.717, 1.165) is 28.4 Å². The summed E-state index contributed by atoms with van der Waals surface area (Å²) in [5.41, 5.74) is 15.1. The molecule has 2 heterocycles. The van der Waals surface area contributed by atoms with E-state index in [4.69, 9.17) is 0 Å². The maximum absolute atomic E-state index is 2.47. The molecule has 0 aliphatic rings. The minimum atomic E-state index is 1.11. The van der Waals surface area contributed by atoms with E-state index in [9.17, 15) is 0 Å². The minimum Gasteiger partial charge on any atom is -0.311 e. The van der Waals surface area contributed by atoms with Gasteiger partial charge in [0.25, 0.3) is 0 Å². The lowest BCUT2D eigenvalue weighted by atomic mass is 9.94. The van der Waals surface area contributed by atoms with E-state index < -0.39 is 0 Å². The van der Waals surface area contributed by atoms with Gasteiger partial charge < -0.3 is 14.0 Å². The highest BCUT2D eigenvalue weighted by Gasteiger charge is 2.19. The monoisotopic (exact) mass is 877 g/mol. The molecule has 69 heavy (non-hydrogen) atoms. The zero-order valence-corrected chi connectivity index (χ0v) is 37.7. The number of rotatable bonds is 7. The van der Waals surface area contributed by atoms with Crippen molar-refractivity contribution in [3.8, 4) is 33.6 Å². The summed E-state index contributed by atoms with van der Waals surface area (Å²) in [6.07, 6.45) is 0. The van der Waals surface area contributed by atoms with Crippen LogP contribution in [0.3, 0.4) is 0 Å². The molecule has 14 rings (SSSR count). The van der Waals surface area contributed by atoms with Gasteiger partial charge in [-0.15, -0.1) is 0 Å². The van der Waals surface area contributed by atoms with Crippen LogP contribution in [-0.4, -0.2) is 9.13 Å². The Balaban J connectivity index is 0.927. The Bertz CT molecular complexity index is 4150. The van der Waals surface area contributed by atoms with Crippen LogP contribution in [0.5, 0.6) is 0 Å². The fourth-order valence-electron chi connectivity index (χ4n) is 11.1. The zero-order chi connectivity index (χ0) is 45.4. The van der Waals surface area contributed by atoms with Crippen LogP contribution in [0, 0.1) is 0 Å². The van der Waals surface area contributed by atoms with Crippen molar-refractivity contribution in [2.75, 3.05) is 4.90 Å². The molecule has 0 saturated heterocycles. The predicted octanol–water partition coefficient (Wildman–Crippen LogP) is 18.1. The first-order valence-corrected chi connectivity index (χ1v) is 23.8. The molecule has 0 aliphatic carbocycles. The Labute approximate surface area is 399 Å². The lowest BCUT2D eigenvalue weighted by Gasteiger charge is -2.25. The summed E-state index contributed by atoms with van der Waals surface area (Å²) in [6.45, 7) is 0. The number of nitrogens with zero attached hydrogens (tertiary/aromatic N) is 3. The second kappa shape index (κ2) is 15.7. The summed E-state index contributed by atoms with van der Waals surface area (Å²) in [5, 5.41) is 12.6. The zero-order valence-electron chi connectivity index (χ0n) is 37.7. The smallest absolute Gasteiger partial charge is 0.0541 e. The Morgan fingerprint density at radius 3 is 1.06 bits per heavy atom. The predicted molar refractivity (Wildman–Crippen MR) is 293 cm³/mol. The largest absolute Gasteiger partial charge is 0.311 e. The van der Waals surface area contributed by atoms with E-state index in [1.807, 2.05) is 0 Å². The molecular weight excluding hydrogens is 835 g/mol. The number of hydrogen-bond donors (Lipinski definition) is 0. The van der Waals surface area contributed by atoms with E-state index in [2.05, 4.69) is 275 Å². The highest BCUT2D eigenvalue weighted by atomic mass is 15.1. The molecule has 0 atom stereocenters. The molecule has 0 aliphatic heterocycles. The molecule has 2 aromatic heterocycles. The summed E-state index contributed by atoms with van der Waals surface area (Å²) in [7, 11) is 0. The van der Waals surface area contributed by atoms with Crippen molar-refractivity contribution in [3.05, 3.63) is 261 Å². The van der Waals surface area contributed by atoms with Gasteiger partial charge in [0.2, 0.25) is 0 Å². The Morgan fingerprint density at radius 1 is 0.203 bits per heavy atom. The first-order chi connectivity index (χ1) is 34.2.